The molecular formula is C51H74N4O12. The van der Waals surface area contributed by atoms with Crippen LogP contribution in [0.5, 0.6) is 0 Å². The Bertz CT molecular complexity index is 2000. The smallest absolute Gasteiger partial charge is 0.329 e. The molecule has 370 valence electrons. The van der Waals surface area contributed by atoms with Gasteiger partial charge >= 0.3 is 23.9 Å². The zero-order chi connectivity index (χ0) is 50.4. The van der Waals surface area contributed by atoms with Gasteiger partial charge in [0.15, 0.2) is 24.4 Å². The van der Waals surface area contributed by atoms with Gasteiger partial charge in [0.25, 0.3) is 23.6 Å². The van der Waals surface area contributed by atoms with Crippen molar-refractivity contribution in [3.05, 3.63) is 71.8 Å². The fraction of sp³-hybridized carbons (Fsp3) is 0.608. The maximum atomic E-state index is 14.6. The molecule has 1 aliphatic heterocycles. The molecule has 1 aliphatic rings. The number of amides is 4. The standard InChI is InChI=1S/C51H74N4O12/c1-30(2)25-38-48(60)64-34(9)44(56)52(11)40(27-32(5)6)50(62)67-42(29-37-23-19-16-20-24-37)47(59)55(14)43(33(7)8)51(63)65-35(10)45(57)53(12)39(26-31(3)4)49(61)66-41(46(58)54(38)13)28-36-21-17-15-18-22-36/h15-24,30-35,38-43H,25-29H2,1-14H3. The van der Waals surface area contributed by atoms with Crippen molar-refractivity contribution in [3.63, 3.8) is 0 Å². The van der Waals surface area contributed by atoms with Gasteiger partial charge in [-0.15, -0.1) is 0 Å². The lowest BCUT2D eigenvalue weighted by molar-refractivity contribution is -0.176. The number of esters is 4. The molecule has 0 spiro atoms. The Morgan fingerprint density at radius 1 is 0.418 bits per heavy atom. The molecule has 0 saturated carbocycles. The van der Waals surface area contributed by atoms with Crippen LogP contribution in [0.3, 0.4) is 0 Å². The van der Waals surface area contributed by atoms with Crippen LogP contribution in [-0.4, -0.2) is 144 Å². The first-order valence-corrected chi connectivity index (χ1v) is 23.3. The molecule has 0 N–H and O–H groups in total. The van der Waals surface area contributed by atoms with Gasteiger partial charge in [0.05, 0.1) is 0 Å². The van der Waals surface area contributed by atoms with Gasteiger partial charge in [-0.3, -0.25) is 19.2 Å². The zero-order valence-corrected chi connectivity index (χ0v) is 41.9. The summed E-state index contributed by atoms with van der Waals surface area (Å²) in [5, 5.41) is 0. The zero-order valence-electron chi connectivity index (χ0n) is 41.9. The van der Waals surface area contributed by atoms with E-state index in [0.717, 1.165) is 19.6 Å². The summed E-state index contributed by atoms with van der Waals surface area (Å²) in [7, 11) is 5.54. The molecule has 0 bridgehead atoms. The Hall–Kier alpha value is -5.80. The first-order valence-electron chi connectivity index (χ1n) is 23.3. The van der Waals surface area contributed by atoms with Crippen molar-refractivity contribution >= 4 is 47.5 Å². The number of hydrogen-bond acceptors (Lipinski definition) is 12. The average Bonchev–Trinajstić information content (AvgIpc) is 3.26. The highest BCUT2D eigenvalue weighted by Crippen LogP contribution is 2.24. The Morgan fingerprint density at radius 3 is 1.04 bits per heavy atom. The number of carbonyl (C=O) groups excluding carboxylic acids is 8. The van der Waals surface area contributed by atoms with Crippen LogP contribution in [0.1, 0.15) is 99.6 Å². The van der Waals surface area contributed by atoms with Crippen molar-refractivity contribution < 1.29 is 57.3 Å². The van der Waals surface area contributed by atoms with Gasteiger partial charge in [0, 0.05) is 41.0 Å². The lowest BCUT2D eigenvalue weighted by Gasteiger charge is -2.36. The number of hydrogen-bond donors (Lipinski definition) is 0. The maximum Gasteiger partial charge on any atom is 0.329 e. The molecule has 16 nitrogen and oxygen atoms in total. The summed E-state index contributed by atoms with van der Waals surface area (Å²) in [5.74, 6) is -7.58. The van der Waals surface area contributed by atoms with E-state index < -0.39 is 102 Å². The van der Waals surface area contributed by atoms with Crippen LogP contribution in [0.4, 0.5) is 0 Å². The average molecular weight is 935 g/mol. The van der Waals surface area contributed by atoms with Gasteiger partial charge < -0.3 is 38.5 Å². The van der Waals surface area contributed by atoms with Gasteiger partial charge in [-0.25, -0.2) is 19.2 Å². The molecule has 2 aromatic carbocycles. The van der Waals surface area contributed by atoms with Gasteiger partial charge in [0.1, 0.15) is 24.2 Å². The normalized spacial score (nSPS) is 25.4. The summed E-state index contributed by atoms with van der Waals surface area (Å²) < 4.78 is 23.7. The van der Waals surface area contributed by atoms with Crippen molar-refractivity contribution in [2.24, 2.45) is 23.7 Å². The van der Waals surface area contributed by atoms with Crippen molar-refractivity contribution in [1.29, 1.82) is 0 Å². The number of nitrogens with zero attached hydrogens (tertiary/aromatic N) is 4. The predicted molar refractivity (Wildman–Crippen MR) is 251 cm³/mol. The second kappa shape index (κ2) is 25.4. The van der Waals surface area contributed by atoms with Gasteiger partial charge in [0.2, 0.25) is 0 Å². The summed E-state index contributed by atoms with van der Waals surface area (Å²) >= 11 is 0. The minimum atomic E-state index is -1.48. The highest BCUT2D eigenvalue weighted by molar-refractivity contribution is 5.94. The Balaban J connectivity index is 2.24. The van der Waals surface area contributed by atoms with Crippen molar-refractivity contribution in [2.75, 3.05) is 28.2 Å². The second-order valence-electron chi connectivity index (χ2n) is 19.3. The van der Waals surface area contributed by atoms with Gasteiger partial charge in [-0.1, -0.05) is 116 Å². The van der Waals surface area contributed by atoms with Gasteiger partial charge in [-0.2, -0.15) is 0 Å². The highest BCUT2D eigenvalue weighted by Gasteiger charge is 2.43. The number of likely N-dealkylation sites (N-methyl/N-ethyl adjacent to an activating group) is 4. The summed E-state index contributed by atoms with van der Waals surface area (Å²) in [4.78, 5) is 119. The minimum absolute atomic E-state index is 0.0820. The molecule has 1 heterocycles. The molecule has 3 rings (SSSR count). The fourth-order valence-corrected chi connectivity index (χ4v) is 8.13. The van der Waals surface area contributed by atoms with Crippen LogP contribution in [0.25, 0.3) is 0 Å². The maximum absolute atomic E-state index is 14.6. The molecule has 1 saturated heterocycles. The lowest BCUT2D eigenvalue weighted by Crippen LogP contribution is -2.55. The van der Waals surface area contributed by atoms with Crippen LogP contribution >= 0.6 is 0 Å². The third kappa shape index (κ3) is 15.6. The number of rotatable bonds is 11. The van der Waals surface area contributed by atoms with E-state index in [9.17, 15) is 38.4 Å². The van der Waals surface area contributed by atoms with E-state index in [1.807, 2.05) is 41.5 Å². The van der Waals surface area contributed by atoms with E-state index in [1.54, 1.807) is 74.5 Å². The van der Waals surface area contributed by atoms with E-state index in [4.69, 9.17) is 18.9 Å². The van der Waals surface area contributed by atoms with Crippen molar-refractivity contribution in [2.45, 2.75) is 150 Å². The van der Waals surface area contributed by atoms with Crippen LogP contribution in [0.15, 0.2) is 60.7 Å². The van der Waals surface area contributed by atoms with Crippen LogP contribution < -0.4 is 0 Å². The molecule has 0 aliphatic carbocycles. The van der Waals surface area contributed by atoms with E-state index in [1.165, 1.54) is 42.0 Å². The first kappa shape index (κ1) is 55.5. The molecule has 67 heavy (non-hydrogen) atoms. The third-order valence-corrected chi connectivity index (χ3v) is 11.9. The largest absolute Gasteiger partial charge is 0.451 e. The second-order valence-corrected chi connectivity index (χ2v) is 19.3. The first-order chi connectivity index (χ1) is 31.3. The van der Waals surface area contributed by atoms with Crippen molar-refractivity contribution in [1.82, 2.24) is 19.6 Å². The van der Waals surface area contributed by atoms with E-state index >= 15 is 0 Å². The summed E-state index contributed by atoms with van der Waals surface area (Å²) in [6.07, 6.45) is -5.68. The third-order valence-electron chi connectivity index (χ3n) is 11.9. The number of carbonyl (C=O) groups is 8. The van der Waals surface area contributed by atoms with Crippen LogP contribution in [-0.2, 0) is 70.1 Å². The molecule has 1 fully saturated rings. The number of ether oxygens (including phenoxy) is 4. The van der Waals surface area contributed by atoms with Crippen LogP contribution in [0, 0.1) is 23.7 Å². The van der Waals surface area contributed by atoms with Crippen molar-refractivity contribution in [3.8, 4) is 0 Å². The predicted octanol–water partition coefficient (Wildman–Crippen LogP) is 5.27. The molecule has 4 amide bonds. The van der Waals surface area contributed by atoms with E-state index in [0.29, 0.717) is 11.1 Å². The Labute approximate surface area is 397 Å². The fourth-order valence-electron chi connectivity index (χ4n) is 8.13. The van der Waals surface area contributed by atoms with Gasteiger partial charge in [-0.05, 0) is 67.9 Å². The quantitative estimate of drug-likeness (QED) is 0.210. The summed E-state index contributed by atoms with van der Waals surface area (Å²) in [6, 6.07) is 12.7. The molecule has 16 heteroatoms. The summed E-state index contributed by atoms with van der Waals surface area (Å²) in [6.45, 7) is 17.2. The van der Waals surface area contributed by atoms with E-state index in [-0.39, 0.29) is 49.9 Å². The Kier molecular flexibility index (Phi) is 21.0. The summed E-state index contributed by atoms with van der Waals surface area (Å²) in [5.41, 5.74) is 1.29. The number of benzene rings is 2. The molecule has 8 atom stereocenters. The molecular weight excluding hydrogens is 861 g/mol. The number of cyclic esters (lactones) is 4. The monoisotopic (exact) mass is 935 g/mol. The molecule has 0 aromatic heterocycles. The topological polar surface area (TPSA) is 186 Å². The minimum Gasteiger partial charge on any atom is -0.451 e. The lowest BCUT2D eigenvalue weighted by atomic mass is 10.00. The SMILES string of the molecule is CC(C)CC1C(=O)OC(Cc2ccccc2)C(=O)N(C)C(C(C)C)C(=O)OC(C)C(=O)N(C)C(CC(C)C)C(=O)OC(Cc2ccccc2)C(=O)N(C)C(CC(C)C)C(=O)OC(C)C(=O)N1C. The van der Waals surface area contributed by atoms with E-state index in [2.05, 4.69) is 0 Å². The molecule has 2 aromatic rings. The Morgan fingerprint density at radius 2 is 0.716 bits per heavy atom. The highest BCUT2D eigenvalue weighted by atomic mass is 16.6. The molecule has 0 radical (unpaired) electrons. The molecule has 8 unspecified atom stereocenters. The van der Waals surface area contributed by atoms with Crippen LogP contribution in [0.2, 0.25) is 0 Å².